The Labute approximate surface area is 86.9 Å². The van der Waals surface area contributed by atoms with Gasteiger partial charge in [-0.3, -0.25) is 4.79 Å². The average molecular weight is 201 g/mol. The van der Waals surface area contributed by atoms with E-state index in [9.17, 15) is 4.79 Å². The van der Waals surface area contributed by atoms with Gasteiger partial charge < -0.3 is 10.4 Å². The van der Waals surface area contributed by atoms with Crippen LogP contribution in [0.4, 0.5) is 0 Å². The summed E-state index contributed by atoms with van der Waals surface area (Å²) in [6.45, 7) is 5.34. The molecule has 0 aromatic heterocycles. The van der Waals surface area contributed by atoms with Crippen LogP contribution in [-0.4, -0.2) is 23.7 Å². The number of carbonyl (C=O) groups is 1. The summed E-state index contributed by atoms with van der Waals surface area (Å²) in [5.41, 5.74) is 0. The van der Waals surface area contributed by atoms with E-state index < -0.39 is 5.97 Å². The Morgan fingerprint density at radius 3 is 2.50 bits per heavy atom. The van der Waals surface area contributed by atoms with Gasteiger partial charge >= 0.3 is 5.97 Å². The van der Waals surface area contributed by atoms with Gasteiger partial charge in [0.25, 0.3) is 0 Å². The van der Waals surface area contributed by atoms with Crippen LogP contribution in [0.5, 0.6) is 0 Å². The summed E-state index contributed by atoms with van der Waals surface area (Å²) >= 11 is 0. The normalized spacial score (nSPS) is 12.7. The Bertz CT molecular complexity index is 148. The van der Waals surface area contributed by atoms with Crippen LogP contribution < -0.4 is 5.32 Å². The third kappa shape index (κ3) is 9.52. The largest absolute Gasteiger partial charge is 0.481 e. The first-order valence-corrected chi connectivity index (χ1v) is 5.62. The maximum Gasteiger partial charge on any atom is 0.303 e. The molecule has 2 N–H and O–H groups in total. The van der Waals surface area contributed by atoms with Crippen molar-refractivity contribution in [3.63, 3.8) is 0 Å². The van der Waals surface area contributed by atoms with Crippen LogP contribution >= 0.6 is 0 Å². The summed E-state index contributed by atoms with van der Waals surface area (Å²) < 4.78 is 0. The number of carboxylic acids is 1. The lowest BCUT2D eigenvalue weighted by Crippen LogP contribution is -2.25. The molecule has 14 heavy (non-hydrogen) atoms. The van der Waals surface area contributed by atoms with E-state index in [1.165, 1.54) is 12.8 Å². The monoisotopic (exact) mass is 201 g/mol. The van der Waals surface area contributed by atoms with E-state index in [0.717, 1.165) is 25.8 Å². The molecule has 0 aliphatic carbocycles. The molecule has 3 heteroatoms. The highest BCUT2D eigenvalue weighted by molar-refractivity contribution is 5.66. The lowest BCUT2D eigenvalue weighted by atomic mass is 10.1. The molecule has 1 atom stereocenters. The molecule has 0 rings (SSSR count). The standard InChI is InChI=1S/C11H23NO2/c1-3-12-10(2)8-6-4-5-7-9-11(13)14/h10,12H,3-9H2,1-2H3,(H,13,14). The number of carboxylic acid groups (broad SMARTS) is 1. The van der Waals surface area contributed by atoms with Gasteiger partial charge in [0.2, 0.25) is 0 Å². The summed E-state index contributed by atoms with van der Waals surface area (Å²) in [6.07, 6.45) is 5.75. The minimum Gasteiger partial charge on any atom is -0.481 e. The van der Waals surface area contributed by atoms with Crippen LogP contribution in [0.3, 0.4) is 0 Å². The SMILES string of the molecule is CCNC(C)CCCCCCC(=O)O. The molecule has 3 nitrogen and oxygen atoms in total. The van der Waals surface area contributed by atoms with Crippen LogP contribution in [0, 0.1) is 0 Å². The molecule has 0 heterocycles. The third-order valence-electron chi connectivity index (χ3n) is 2.33. The van der Waals surface area contributed by atoms with Crippen LogP contribution in [-0.2, 0) is 4.79 Å². The van der Waals surface area contributed by atoms with Crippen molar-refractivity contribution in [1.82, 2.24) is 5.32 Å². The van der Waals surface area contributed by atoms with Gasteiger partial charge in [0.1, 0.15) is 0 Å². The van der Waals surface area contributed by atoms with Gasteiger partial charge in [-0.2, -0.15) is 0 Å². The van der Waals surface area contributed by atoms with E-state index in [0.29, 0.717) is 12.5 Å². The second kappa shape index (κ2) is 9.00. The summed E-state index contributed by atoms with van der Waals surface area (Å²) in [7, 11) is 0. The Morgan fingerprint density at radius 1 is 1.29 bits per heavy atom. The fraction of sp³-hybridized carbons (Fsp3) is 0.909. The maximum atomic E-state index is 10.2. The van der Waals surface area contributed by atoms with Crippen molar-refractivity contribution in [1.29, 1.82) is 0 Å². The quantitative estimate of drug-likeness (QED) is 0.563. The van der Waals surface area contributed by atoms with E-state index in [1.54, 1.807) is 0 Å². The van der Waals surface area contributed by atoms with Crippen molar-refractivity contribution in [2.45, 2.75) is 58.4 Å². The fourth-order valence-corrected chi connectivity index (χ4v) is 1.53. The summed E-state index contributed by atoms with van der Waals surface area (Å²) in [5.74, 6) is -0.675. The molecule has 84 valence electrons. The van der Waals surface area contributed by atoms with Crippen LogP contribution in [0.15, 0.2) is 0 Å². The van der Waals surface area contributed by atoms with Crippen LogP contribution in [0.25, 0.3) is 0 Å². The molecular formula is C11H23NO2. The van der Waals surface area contributed by atoms with E-state index in [4.69, 9.17) is 5.11 Å². The molecule has 0 bridgehead atoms. The molecule has 1 unspecified atom stereocenters. The lowest BCUT2D eigenvalue weighted by Gasteiger charge is -2.11. The van der Waals surface area contributed by atoms with Gasteiger partial charge in [-0.1, -0.05) is 26.2 Å². The zero-order valence-corrected chi connectivity index (χ0v) is 9.38. The van der Waals surface area contributed by atoms with Crippen molar-refractivity contribution in [2.24, 2.45) is 0 Å². The Hall–Kier alpha value is -0.570. The molecule has 0 aromatic rings. The Kier molecular flexibility index (Phi) is 8.64. The van der Waals surface area contributed by atoms with Crippen molar-refractivity contribution in [3.8, 4) is 0 Å². The molecule has 0 spiro atoms. The third-order valence-corrected chi connectivity index (χ3v) is 2.33. The molecular weight excluding hydrogens is 178 g/mol. The van der Waals surface area contributed by atoms with E-state index >= 15 is 0 Å². The van der Waals surface area contributed by atoms with Gasteiger partial charge in [-0.25, -0.2) is 0 Å². The molecule has 0 aliphatic rings. The summed E-state index contributed by atoms with van der Waals surface area (Å²) in [6, 6.07) is 0.597. The number of nitrogens with one attached hydrogen (secondary N) is 1. The van der Waals surface area contributed by atoms with E-state index in [1.807, 2.05) is 0 Å². The van der Waals surface area contributed by atoms with Crippen molar-refractivity contribution < 1.29 is 9.90 Å². The fourth-order valence-electron chi connectivity index (χ4n) is 1.53. The Balaban J connectivity index is 3.09. The molecule has 0 aliphatic heterocycles. The molecule has 0 aromatic carbocycles. The maximum absolute atomic E-state index is 10.2. The smallest absolute Gasteiger partial charge is 0.303 e. The second-order valence-electron chi connectivity index (χ2n) is 3.81. The topological polar surface area (TPSA) is 49.3 Å². The van der Waals surface area contributed by atoms with Gasteiger partial charge in [-0.05, 0) is 26.3 Å². The van der Waals surface area contributed by atoms with Crippen LogP contribution in [0.2, 0.25) is 0 Å². The first kappa shape index (κ1) is 13.4. The van der Waals surface area contributed by atoms with Crippen molar-refractivity contribution >= 4 is 5.97 Å². The first-order valence-electron chi connectivity index (χ1n) is 5.62. The Morgan fingerprint density at radius 2 is 1.93 bits per heavy atom. The predicted molar refractivity (Wildman–Crippen MR) is 58.5 cm³/mol. The highest BCUT2D eigenvalue weighted by Crippen LogP contribution is 2.07. The molecule has 0 radical (unpaired) electrons. The minimum absolute atomic E-state index is 0.322. The molecule has 0 saturated carbocycles. The van der Waals surface area contributed by atoms with Gasteiger partial charge in [0.05, 0.1) is 0 Å². The second-order valence-corrected chi connectivity index (χ2v) is 3.81. The number of unbranched alkanes of at least 4 members (excludes halogenated alkanes) is 3. The number of hydrogen-bond acceptors (Lipinski definition) is 2. The van der Waals surface area contributed by atoms with Crippen molar-refractivity contribution in [3.05, 3.63) is 0 Å². The number of aliphatic carboxylic acids is 1. The van der Waals surface area contributed by atoms with Gasteiger partial charge in [0.15, 0.2) is 0 Å². The average Bonchev–Trinajstić information content (AvgIpc) is 2.11. The van der Waals surface area contributed by atoms with Crippen LogP contribution in [0.1, 0.15) is 52.4 Å². The van der Waals surface area contributed by atoms with E-state index in [-0.39, 0.29) is 0 Å². The first-order chi connectivity index (χ1) is 6.66. The molecule has 0 saturated heterocycles. The molecule has 0 amide bonds. The highest BCUT2D eigenvalue weighted by atomic mass is 16.4. The van der Waals surface area contributed by atoms with E-state index in [2.05, 4.69) is 19.2 Å². The van der Waals surface area contributed by atoms with Gasteiger partial charge in [-0.15, -0.1) is 0 Å². The number of hydrogen-bond donors (Lipinski definition) is 2. The zero-order chi connectivity index (χ0) is 10.8. The molecule has 0 fully saturated rings. The summed E-state index contributed by atoms with van der Waals surface area (Å²) in [4.78, 5) is 10.2. The minimum atomic E-state index is -0.675. The van der Waals surface area contributed by atoms with Crippen molar-refractivity contribution in [2.75, 3.05) is 6.54 Å². The lowest BCUT2D eigenvalue weighted by molar-refractivity contribution is -0.137. The highest BCUT2D eigenvalue weighted by Gasteiger charge is 2.00. The summed E-state index contributed by atoms with van der Waals surface area (Å²) in [5, 5.41) is 11.8. The zero-order valence-electron chi connectivity index (χ0n) is 9.38. The van der Waals surface area contributed by atoms with Gasteiger partial charge in [0, 0.05) is 12.5 Å². The predicted octanol–water partition coefficient (Wildman–Crippen LogP) is 2.41. The number of rotatable bonds is 9.